The fourth-order valence-corrected chi connectivity index (χ4v) is 1.66. The average Bonchev–Trinajstić information content (AvgIpc) is 2.06. The van der Waals surface area contributed by atoms with Gasteiger partial charge in [-0.25, -0.2) is 12.8 Å². The Morgan fingerprint density at radius 3 is 2.53 bits per heavy atom. The molecule has 1 aromatic rings. The maximum absolute atomic E-state index is 13.2. The molecule has 0 aliphatic rings. The number of hydrogen-bond acceptors (Lipinski definition) is 3. The number of anilines is 1. The van der Waals surface area contributed by atoms with E-state index in [9.17, 15) is 12.8 Å². The summed E-state index contributed by atoms with van der Waals surface area (Å²) in [6, 6.07) is 3.83. The van der Waals surface area contributed by atoms with Crippen molar-refractivity contribution in [1.29, 1.82) is 0 Å². The highest BCUT2D eigenvalue weighted by Gasteiger charge is 2.09. The Balaban J connectivity index is 3.11. The normalized spacial score (nSPS) is 13.6. The summed E-state index contributed by atoms with van der Waals surface area (Å²) in [4.78, 5) is 0. The van der Waals surface area contributed by atoms with Crippen molar-refractivity contribution in [2.45, 2.75) is 13.0 Å². The molecule has 0 amide bonds. The van der Waals surface area contributed by atoms with Gasteiger partial charge in [-0.3, -0.25) is 4.72 Å². The van der Waals surface area contributed by atoms with Crippen LogP contribution in [0, 0.1) is 5.82 Å². The lowest BCUT2D eigenvalue weighted by molar-refractivity contribution is 0.603. The second-order valence-corrected chi connectivity index (χ2v) is 5.15. The van der Waals surface area contributed by atoms with Crippen LogP contribution in [0.3, 0.4) is 0 Å². The van der Waals surface area contributed by atoms with Gasteiger partial charge in [0.2, 0.25) is 10.0 Å². The van der Waals surface area contributed by atoms with Gasteiger partial charge in [0.05, 0.1) is 11.9 Å². The molecule has 6 heteroatoms. The minimum Gasteiger partial charge on any atom is -0.324 e. The zero-order valence-electron chi connectivity index (χ0n) is 8.49. The Bertz CT molecular complexity index is 457. The van der Waals surface area contributed by atoms with Crippen molar-refractivity contribution in [3.8, 4) is 0 Å². The summed E-state index contributed by atoms with van der Waals surface area (Å²) in [6.07, 6.45) is 0.963. The van der Waals surface area contributed by atoms with Gasteiger partial charge >= 0.3 is 0 Å². The highest BCUT2D eigenvalue weighted by molar-refractivity contribution is 7.92. The monoisotopic (exact) mass is 232 g/mol. The molecule has 0 radical (unpaired) electrons. The highest BCUT2D eigenvalue weighted by atomic mass is 32.2. The first-order chi connectivity index (χ1) is 6.79. The number of rotatable bonds is 3. The summed E-state index contributed by atoms with van der Waals surface area (Å²) < 4.78 is 37.1. The molecule has 0 aliphatic carbocycles. The lowest BCUT2D eigenvalue weighted by Gasteiger charge is -2.10. The maximum Gasteiger partial charge on any atom is 0.229 e. The maximum atomic E-state index is 13.2. The summed E-state index contributed by atoms with van der Waals surface area (Å²) in [6.45, 7) is 1.73. The summed E-state index contributed by atoms with van der Waals surface area (Å²) in [5, 5.41) is 0. The average molecular weight is 232 g/mol. The lowest BCUT2D eigenvalue weighted by atomic mass is 10.1. The van der Waals surface area contributed by atoms with Gasteiger partial charge in [0.15, 0.2) is 0 Å². The smallest absolute Gasteiger partial charge is 0.229 e. The van der Waals surface area contributed by atoms with Gasteiger partial charge in [-0.05, 0) is 24.6 Å². The number of halogens is 1. The predicted octanol–water partition coefficient (Wildman–Crippen LogP) is 1.22. The Hall–Kier alpha value is -1.14. The molecule has 0 aliphatic heterocycles. The highest BCUT2D eigenvalue weighted by Crippen LogP contribution is 2.20. The van der Waals surface area contributed by atoms with Gasteiger partial charge < -0.3 is 5.73 Å². The van der Waals surface area contributed by atoms with E-state index in [4.69, 9.17) is 5.73 Å². The minimum absolute atomic E-state index is 0.0766. The molecule has 0 aromatic heterocycles. The number of sulfonamides is 1. The Kier molecular flexibility index (Phi) is 3.31. The standard InChI is InChI=1S/C9H13FN2O2S/c1-6(11)7-3-4-8(10)9(5-7)12-15(2,13)14/h3-6,12H,11H2,1-2H3. The Morgan fingerprint density at radius 1 is 1.47 bits per heavy atom. The molecule has 0 spiro atoms. The van der Waals surface area contributed by atoms with Crippen LogP contribution in [0.5, 0.6) is 0 Å². The predicted molar refractivity (Wildman–Crippen MR) is 57.5 cm³/mol. The summed E-state index contributed by atoms with van der Waals surface area (Å²) >= 11 is 0. The molecule has 1 atom stereocenters. The molecule has 0 heterocycles. The summed E-state index contributed by atoms with van der Waals surface area (Å²) in [5.41, 5.74) is 6.19. The molecule has 84 valence electrons. The van der Waals surface area contributed by atoms with E-state index in [0.29, 0.717) is 5.56 Å². The van der Waals surface area contributed by atoms with Gasteiger partial charge in [0, 0.05) is 6.04 Å². The van der Waals surface area contributed by atoms with E-state index in [0.717, 1.165) is 6.26 Å². The van der Waals surface area contributed by atoms with Crippen molar-refractivity contribution in [2.75, 3.05) is 11.0 Å². The third kappa shape index (κ3) is 3.49. The van der Waals surface area contributed by atoms with Crippen molar-refractivity contribution >= 4 is 15.7 Å². The zero-order valence-corrected chi connectivity index (χ0v) is 9.31. The first kappa shape index (κ1) is 11.9. The molecule has 1 rings (SSSR count). The van der Waals surface area contributed by atoms with Gasteiger partial charge in [-0.1, -0.05) is 6.07 Å². The number of nitrogens with one attached hydrogen (secondary N) is 1. The van der Waals surface area contributed by atoms with E-state index < -0.39 is 15.8 Å². The molecule has 1 unspecified atom stereocenters. The van der Waals surface area contributed by atoms with Crippen LogP contribution < -0.4 is 10.5 Å². The molecular formula is C9H13FN2O2S. The second kappa shape index (κ2) is 4.16. The Labute approximate surface area is 88.3 Å². The third-order valence-corrected chi connectivity index (χ3v) is 2.40. The second-order valence-electron chi connectivity index (χ2n) is 3.40. The van der Waals surface area contributed by atoms with Crippen molar-refractivity contribution in [2.24, 2.45) is 5.73 Å². The summed E-state index contributed by atoms with van der Waals surface area (Å²) in [5.74, 6) is -0.621. The van der Waals surface area contributed by atoms with Crippen molar-refractivity contribution < 1.29 is 12.8 Å². The van der Waals surface area contributed by atoms with Crippen molar-refractivity contribution in [3.63, 3.8) is 0 Å². The first-order valence-corrected chi connectivity index (χ1v) is 6.21. The van der Waals surface area contributed by atoms with Crippen LogP contribution in [-0.2, 0) is 10.0 Å². The summed E-state index contributed by atoms with van der Waals surface area (Å²) in [7, 11) is -3.47. The third-order valence-electron chi connectivity index (χ3n) is 1.81. The number of benzene rings is 1. The van der Waals surface area contributed by atoms with Gasteiger partial charge in [-0.15, -0.1) is 0 Å². The van der Waals surface area contributed by atoms with Gasteiger partial charge in [-0.2, -0.15) is 0 Å². The Morgan fingerprint density at radius 2 is 2.07 bits per heavy atom. The van der Waals surface area contributed by atoms with E-state index in [1.807, 2.05) is 0 Å². The van der Waals surface area contributed by atoms with Crippen LogP contribution in [0.25, 0.3) is 0 Å². The molecule has 1 aromatic carbocycles. The molecular weight excluding hydrogens is 219 g/mol. The molecule has 0 fully saturated rings. The molecule has 3 N–H and O–H groups in total. The van der Waals surface area contributed by atoms with E-state index in [2.05, 4.69) is 4.72 Å². The van der Waals surface area contributed by atoms with Crippen LogP contribution in [-0.4, -0.2) is 14.7 Å². The van der Waals surface area contributed by atoms with Crippen molar-refractivity contribution in [1.82, 2.24) is 0 Å². The van der Waals surface area contributed by atoms with E-state index >= 15 is 0 Å². The van der Waals surface area contributed by atoms with Gasteiger partial charge in [0.1, 0.15) is 5.82 Å². The fourth-order valence-electron chi connectivity index (χ4n) is 1.10. The van der Waals surface area contributed by atoms with Crippen LogP contribution in [0.1, 0.15) is 18.5 Å². The zero-order chi connectivity index (χ0) is 11.6. The SMILES string of the molecule is CC(N)c1ccc(F)c(NS(C)(=O)=O)c1. The minimum atomic E-state index is -3.47. The molecule has 0 bridgehead atoms. The molecule has 4 nitrogen and oxygen atoms in total. The van der Waals surface area contributed by atoms with Crippen LogP contribution in [0.2, 0.25) is 0 Å². The number of nitrogens with two attached hydrogens (primary N) is 1. The van der Waals surface area contributed by atoms with Crippen LogP contribution in [0.4, 0.5) is 10.1 Å². The largest absolute Gasteiger partial charge is 0.324 e. The van der Waals surface area contributed by atoms with Crippen LogP contribution >= 0.6 is 0 Å². The quantitative estimate of drug-likeness (QED) is 0.823. The van der Waals surface area contributed by atoms with E-state index in [-0.39, 0.29) is 11.7 Å². The molecule has 0 saturated carbocycles. The van der Waals surface area contributed by atoms with Gasteiger partial charge in [0.25, 0.3) is 0 Å². The van der Waals surface area contributed by atoms with Crippen LogP contribution in [0.15, 0.2) is 18.2 Å². The lowest BCUT2D eigenvalue weighted by Crippen LogP contribution is -2.12. The molecule has 15 heavy (non-hydrogen) atoms. The number of hydrogen-bond donors (Lipinski definition) is 2. The molecule has 0 saturated heterocycles. The van der Waals surface area contributed by atoms with Crippen molar-refractivity contribution in [3.05, 3.63) is 29.6 Å². The van der Waals surface area contributed by atoms with E-state index in [1.165, 1.54) is 18.2 Å². The first-order valence-electron chi connectivity index (χ1n) is 4.32. The topological polar surface area (TPSA) is 72.2 Å². The van der Waals surface area contributed by atoms with E-state index in [1.54, 1.807) is 6.92 Å². The fraction of sp³-hybridized carbons (Fsp3) is 0.333.